The molecule has 1 saturated carbocycles. The van der Waals surface area contributed by atoms with Gasteiger partial charge < -0.3 is 5.32 Å². The molecule has 16 heavy (non-hydrogen) atoms. The van der Waals surface area contributed by atoms with E-state index in [1.54, 1.807) is 28.6 Å². The largest absolute Gasteiger partial charge is 0.316 e. The lowest BCUT2D eigenvalue weighted by Gasteiger charge is -2.21. The molecular formula is C11H19N3S2. The monoisotopic (exact) mass is 257 g/mol. The first-order chi connectivity index (χ1) is 7.95. The van der Waals surface area contributed by atoms with Crippen molar-refractivity contribution >= 4 is 23.1 Å². The van der Waals surface area contributed by atoms with Gasteiger partial charge in [0.1, 0.15) is 5.51 Å². The molecule has 1 heterocycles. The molecular weight excluding hydrogens is 238 g/mol. The molecule has 0 aliphatic heterocycles. The number of hydrogen-bond acceptors (Lipinski definition) is 5. The minimum atomic E-state index is 0.931. The second kappa shape index (κ2) is 7.25. The molecule has 0 aromatic carbocycles. The third-order valence-electron chi connectivity index (χ3n) is 3.00. The number of nitrogens with one attached hydrogen (secondary N) is 1. The molecule has 1 aromatic rings. The number of nitrogens with zero attached hydrogens (tertiary/aromatic N) is 2. The van der Waals surface area contributed by atoms with Gasteiger partial charge in [-0.05, 0) is 25.3 Å². The maximum atomic E-state index is 4.01. The van der Waals surface area contributed by atoms with Crippen molar-refractivity contribution in [3.63, 3.8) is 0 Å². The fourth-order valence-corrected chi connectivity index (χ4v) is 3.59. The Morgan fingerprint density at radius 3 is 3.00 bits per heavy atom. The summed E-state index contributed by atoms with van der Waals surface area (Å²) in [5.74, 6) is 2.03. The average molecular weight is 257 g/mol. The molecule has 0 atom stereocenters. The first-order valence-electron chi connectivity index (χ1n) is 6.05. The molecule has 0 unspecified atom stereocenters. The first-order valence-corrected chi connectivity index (χ1v) is 7.91. The van der Waals surface area contributed by atoms with Gasteiger partial charge >= 0.3 is 0 Å². The van der Waals surface area contributed by atoms with Gasteiger partial charge in [-0.1, -0.05) is 42.4 Å². The van der Waals surface area contributed by atoms with Crippen LogP contribution in [0.5, 0.6) is 0 Å². The average Bonchev–Trinajstić information content (AvgIpc) is 2.83. The van der Waals surface area contributed by atoms with Crippen molar-refractivity contribution in [2.45, 2.75) is 36.4 Å². The lowest BCUT2D eigenvalue weighted by molar-refractivity contribution is 0.345. The molecule has 0 amide bonds. The predicted molar refractivity (Wildman–Crippen MR) is 70.1 cm³/mol. The molecule has 0 bridgehead atoms. The Labute approximate surface area is 105 Å². The second-order valence-electron chi connectivity index (χ2n) is 4.26. The van der Waals surface area contributed by atoms with Crippen molar-refractivity contribution in [1.29, 1.82) is 0 Å². The van der Waals surface area contributed by atoms with E-state index >= 15 is 0 Å². The van der Waals surface area contributed by atoms with Crippen molar-refractivity contribution < 1.29 is 0 Å². The summed E-state index contributed by atoms with van der Waals surface area (Å²) < 4.78 is 1.08. The Bertz CT molecular complexity index is 271. The minimum absolute atomic E-state index is 0.931. The standard InChI is InChI=1S/C11H19N3S2/c1-2-4-10(5-3-1)8-12-6-7-15-11-14-13-9-16-11/h9-10,12H,1-8H2. The van der Waals surface area contributed by atoms with Gasteiger partial charge in [-0.25, -0.2) is 0 Å². The molecule has 1 fully saturated rings. The van der Waals surface area contributed by atoms with Crippen LogP contribution < -0.4 is 5.32 Å². The third kappa shape index (κ3) is 4.39. The van der Waals surface area contributed by atoms with Crippen LogP contribution in [0.4, 0.5) is 0 Å². The van der Waals surface area contributed by atoms with Crippen molar-refractivity contribution in [2.75, 3.05) is 18.8 Å². The normalized spacial score (nSPS) is 17.8. The highest BCUT2D eigenvalue weighted by Crippen LogP contribution is 2.23. The smallest absolute Gasteiger partial charge is 0.174 e. The van der Waals surface area contributed by atoms with E-state index in [1.165, 1.54) is 38.6 Å². The first kappa shape index (κ1) is 12.3. The van der Waals surface area contributed by atoms with Crippen molar-refractivity contribution in [3.05, 3.63) is 5.51 Å². The lowest BCUT2D eigenvalue weighted by Crippen LogP contribution is -2.26. The van der Waals surface area contributed by atoms with Gasteiger partial charge in [0.05, 0.1) is 0 Å². The van der Waals surface area contributed by atoms with E-state index in [0.29, 0.717) is 0 Å². The van der Waals surface area contributed by atoms with Crippen molar-refractivity contribution in [2.24, 2.45) is 5.92 Å². The Hall–Kier alpha value is -0.130. The molecule has 1 aromatic heterocycles. The van der Waals surface area contributed by atoms with E-state index in [1.807, 2.05) is 0 Å². The fraction of sp³-hybridized carbons (Fsp3) is 0.818. The van der Waals surface area contributed by atoms with Crippen LogP contribution in [0.3, 0.4) is 0 Å². The van der Waals surface area contributed by atoms with Crippen molar-refractivity contribution in [3.8, 4) is 0 Å². The fourth-order valence-electron chi connectivity index (χ4n) is 2.13. The van der Waals surface area contributed by atoms with Gasteiger partial charge in [-0.15, -0.1) is 10.2 Å². The zero-order valence-corrected chi connectivity index (χ0v) is 11.2. The molecule has 0 radical (unpaired) electrons. The van der Waals surface area contributed by atoms with Gasteiger partial charge in [-0.3, -0.25) is 0 Å². The zero-order valence-electron chi connectivity index (χ0n) is 9.52. The molecule has 0 spiro atoms. The second-order valence-corrected chi connectivity index (χ2v) is 6.44. The lowest BCUT2D eigenvalue weighted by atomic mass is 9.89. The summed E-state index contributed by atoms with van der Waals surface area (Å²) in [5, 5.41) is 11.4. The molecule has 5 heteroatoms. The number of aromatic nitrogens is 2. The highest BCUT2D eigenvalue weighted by Gasteiger charge is 2.12. The van der Waals surface area contributed by atoms with E-state index in [9.17, 15) is 0 Å². The topological polar surface area (TPSA) is 37.8 Å². The van der Waals surface area contributed by atoms with E-state index in [4.69, 9.17) is 0 Å². The Morgan fingerprint density at radius 2 is 2.25 bits per heavy atom. The Morgan fingerprint density at radius 1 is 1.38 bits per heavy atom. The van der Waals surface area contributed by atoms with E-state index < -0.39 is 0 Å². The van der Waals surface area contributed by atoms with Gasteiger partial charge in [0, 0.05) is 12.3 Å². The van der Waals surface area contributed by atoms with Gasteiger partial charge in [0.2, 0.25) is 0 Å². The molecule has 1 aliphatic carbocycles. The van der Waals surface area contributed by atoms with Crippen LogP contribution in [0.2, 0.25) is 0 Å². The number of rotatable bonds is 6. The van der Waals surface area contributed by atoms with Gasteiger partial charge in [-0.2, -0.15) is 0 Å². The van der Waals surface area contributed by atoms with Crippen LogP contribution in [0.25, 0.3) is 0 Å². The molecule has 2 rings (SSSR count). The SMILES string of the molecule is c1nnc(SCCNCC2CCCCC2)s1. The highest BCUT2D eigenvalue weighted by molar-refractivity contribution is 8.01. The summed E-state index contributed by atoms with van der Waals surface area (Å²) in [6.45, 7) is 2.29. The molecule has 0 saturated heterocycles. The molecule has 3 nitrogen and oxygen atoms in total. The van der Waals surface area contributed by atoms with Crippen LogP contribution in [0, 0.1) is 5.92 Å². The molecule has 1 N–H and O–H groups in total. The summed E-state index contributed by atoms with van der Waals surface area (Å²) in [5.41, 5.74) is 1.79. The zero-order chi connectivity index (χ0) is 11.1. The van der Waals surface area contributed by atoms with E-state index in [-0.39, 0.29) is 0 Å². The number of thioether (sulfide) groups is 1. The number of hydrogen-bond donors (Lipinski definition) is 1. The maximum Gasteiger partial charge on any atom is 0.174 e. The summed E-state index contributed by atoms with van der Waals surface area (Å²) >= 11 is 3.42. The van der Waals surface area contributed by atoms with Crippen LogP contribution >= 0.6 is 23.1 Å². The predicted octanol–water partition coefficient (Wildman–Crippen LogP) is 2.80. The van der Waals surface area contributed by atoms with Crippen LogP contribution in [0.15, 0.2) is 9.85 Å². The molecule has 90 valence electrons. The Kier molecular flexibility index (Phi) is 5.58. The summed E-state index contributed by atoms with van der Waals surface area (Å²) in [7, 11) is 0. The van der Waals surface area contributed by atoms with Crippen molar-refractivity contribution in [1.82, 2.24) is 15.5 Å². The van der Waals surface area contributed by atoms with E-state index in [0.717, 1.165) is 22.6 Å². The van der Waals surface area contributed by atoms with E-state index in [2.05, 4.69) is 15.5 Å². The highest BCUT2D eigenvalue weighted by atomic mass is 32.2. The van der Waals surface area contributed by atoms with Gasteiger partial charge in [0.25, 0.3) is 0 Å². The quantitative estimate of drug-likeness (QED) is 0.628. The molecule has 1 aliphatic rings. The summed E-state index contributed by atoms with van der Waals surface area (Å²) in [6.07, 6.45) is 7.17. The minimum Gasteiger partial charge on any atom is -0.316 e. The van der Waals surface area contributed by atoms with Gasteiger partial charge in [0.15, 0.2) is 4.34 Å². The summed E-state index contributed by atoms with van der Waals surface area (Å²) in [4.78, 5) is 0. The van der Waals surface area contributed by atoms with Crippen LogP contribution in [0.1, 0.15) is 32.1 Å². The Balaban J connectivity index is 1.48. The maximum absolute atomic E-state index is 4.01. The third-order valence-corrected chi connectivity index (χ3v) is 4.86. The summed E-state index contributed by atoms with van der Waals surface area (Å²) in [6, 6.07) is 0. The van der Waals surface area contributed by atoms with Crippen LogP contribution in [-0.2, 0) is 0 Å². The van der Waals surface area contributed by atoms with Crippen LogP contribution in [-0.4, -0.2) is 29.0 Å².